The topological polar surface area (TPSA) is 70.1 Å². The molecule has 0 aliphatic rings. The number of aromatic nitrogens is 6. The number of hydrogen-bond acceptors (Lipinski definition) is 5. The van der Waals surface area contributed by atoms with E-state index in [1.54, 1.807) is 39.9 Å². The van der Waals surface area contributed by atoms with E-state index in [0.29, 0.717) is 33.9 Å². The van der Waals surface area contributed by atoms with Gasteiger partial charge in [0.25, 0.3) is 0 Å². The molecule has 7 nitrogen and oxygen atoms in total. The molecule has 29 heavy (non-hydrogen) atoms. The molecule has 0 radical (unpaired) electrons. The van der Waals surface area contributed by atoms with Crippen LogP contribution in [0.15, 0.2) is 55.0 Å². The maximum atomic E-state index is 6.19. The maximum Gasteiger partial charge on any atom is 0.182 e. The summed E-state index contributed by atoms with van der Waals surface area (Å²) in [6, 6.07) is 13.2. The second-order valence-corrected chi connectivity index (χ2v) is 7.28. The molecule has 5 rings (SSSR count). The van der Waals surface area contributed by atoms with Crippen LogP contribution in [0.4, 0.5) is 0 Å². The Morgan fingerprint density at radius 2 is 1.93 bits per heavy atom. The Kier molecular flexibility index (Phi) is 4.34. The lowest BCUT2D eigenvalue weighted by Gasteiger charge is -2.09. The van der Waals surface area contributed by atoms with Gasteiger partial charge < -0.3 is 4.74 Å². The fourth-order valence-corrected chi connectivity index (χ4v) is 3.46. The summed E-state index contributed by atoms with van der Waals surface area (Å²) in [7, 11) is 1.85. The minimum atomic E-state index is 0.343. The Bertz CT molecular complexity index is 1360. The van der Waals surface area contributed by atoms with E-state index in [2.05, 4.69) is 20.2 Å². The zero-order valence-corrected chi connectivity index (χ0v) is 16.8. The smallest absolute Gasteiger partial charge is 0.182 e. The summed E-state index contributed by atoms with van der Waals surface area (Å²) in [5, 5.41) is 10.5. The van der Waals surface area contributed by atoms with Crippen LogP contribution in [0.1, 0.15) is 5.56 Å². The van der Waals surface area contributed by atoms with Crippen molar-refractivity contribution in [2.75, 3.05) is 0 Å². The highest BCUT2D eigenvalue weighted by Crippen LogP contribution is 2.32. The summed E-state index contributed by atoms with van der Waals surface area (Å²) in [5.74, 6) is 1.14. The summed E-state index contributed by atoms with van der Waals surface area (Å²) in [6.07, 6.45) is 3.39. The first-order valence-corrected chi connectivity index (χ1v) is 9.55. The second-order valence-electron chi connectivity index (χ2n) is 6.49. The van der Waals surface area contributed by atoms with Gasteiger partial charge in [-0.05, 0) is 23.8 Å². The summed E-state index contributed by atoms with van der Waals surface area (Å²) in [5.41, 5.74) is 3.31. The Balaban J connectivity index is 1.46. The molecule has 0 aliphatic carbocycles. The first kappa shape index (κ1) is 17.9. The van der Waals surface area contributed by atoms with Crippen LogP contribution in [-0.2, 0) is 13.7 Å². The van der Waals surface area contributed by atoms with Crippen molar-refractivity contribution < 1.29 is 4.74 Å². The zero-order chi connectivity index (χ0) is 20.0. The Morgan fingerprint density at radius 3 is 2.83 bits per heavy atom. The first-order valence-electron chi connectivity index (χ1n) is 8.79. The van der Waals surface area contributed by atoms with Gasteiger partial charge in [-0.3, -0.25) is 4.68 Å². The van der Waals surface area contributed by atoms with E-state index in [1.807, 2.05) is 31.3 Å². The van der Waals surface area contributed by atoms with Crippen LogP contribution in [0.25, 0.3) is 28.1 Å². The number of halogens is 2. The third kappa shape index (κ3) is 3.18. The van der Waals surface area contributed by atoms with E-state index in [0.717, 1.165) is 22.2 Å². The van der Waals surface area contributed by atoms with Crippen molar-refractivity contribution in [3.63, 3.8) is 0 Å². The van der Waals surface area contributed by atoms with Crippen LogP contribution in [0, 0.1) is 0 Å². The van der Waals surface area contributed by atoms with Gasteiger partial charge in [-0.2, -0.15) is 5.10 Å². The largest absolute Gasteiger partial charge is 0.487 e. The van der Waals surface area contributed by atoms with Crippen LogP contribution in [0.5, 0.6) is 5.75 Å². The summed E-state index contributed by atoms with van der Waals surface area (Å²) < 4.78 is 9.20. The van der Waals surface area contributed by atoms with Gasteiger partial charge in [0.2, 0.25) is 0 Å². The number of rotatable bonds is 4. The molecule has 5 aromatic rings. The average Bonchev–Trinajstić information content (AvgIpc) is 3.33. The van der Waals surface area contributed by atoms with Gasteiger partial charge in [-0.15, -0.1) is 5.10 Å². The average molecular weight is 425 g/mol. The number of aryl methyl sites for hydroxylation is 1. The lowest BCUT2D eigenvalue weighted by molar-refractivity contribution is 0.306. The molecular formula is C20H14Cl2N6O. The van der Waals surface area contributed by atoms with Crippen molar-refractivity contribution in [2.45, 2.75) is 6.61 Å². The molecule has 3 aromatic heterocycles. The standard InChI is InChI=1S/C20H14Cl2N6O/c1-27-19-14(9-24-27)20-25-18(26-28(20)11-23-19)13-5-2-4-12(8-13)10-29-16-7-3-6-15(21)17(16)22/h2-9,11H,10H2,1H3. The van der Waals surface area contributed by atoms with E-state index >= 15 is 0 Å². The lowest BCUT2D eigenvalue weighted by Crippen LogP contribution is -1.97. The Hall–Kier alpha value is -3.16. The molecule has 0 saturated carbocycles. The predicted octanol–water partition coefficient (Wildman–Crippen LogP) is 4.56. The second kappa shape index (κ2) is 7.02. The molecule has 0 bridgehead atoms. The van der Waals surface area contributed by atoms with Crippen molar-refractivity contribution in [2.24, 2.45) is 7.05 Å². The molecule has 3 heterocycles. The third-order valence-corrected chi connectivity index (χ3v) is 5.37. The van der Waals surface area contributed by atoms with Crippen LogP contribution in [0.2, 0.25) is 10.0 Å². The van der Waals surface area contributed by atoms with Gasteiger partial charge in [0.05, 0.1) is 16.6 Å². The van der Waals surface area contributed by atoms with Crippen molar-refractivity contribution in [1.29, 1.82) is 0 Å². The van der Waals surface area contributed by atoms with E-state index in [4.69, 9.17) is 27.9 Å². The van der Waals surface area contributed by atoms with Crippen molar-refractivity contribution in [3.8, 4) is 17.1 Å². The first-order chi connectivity index (χ1) is 14.1. The quantitative estimate of drug-likeness (QED) is 0.422. The lowest BCUT2D eigenvalue weighted by atomic mass is 10.1. The van der Waals surface area contributed by atoms with Gasteiger partial charge in [0.15, 0.2) is 17.1 Å². The van der Waals surface area contributed by atoms with Gasteiger partial charge in [-0.25, -0.2) is 14.5 Å². The molecule has 9 heteroatoms. The Morgan fingerprint density at radius 1 is 1.07 bits per heavy atom. The molecular weight excluding hydrogens is 411 g/mol. The molecule has 0 N–H and O–H groups in total. The highest BCUT2D eigenvalue weighted by Gasteiger charge is 2.13. The monoisotopic (exact) mass is 424 g/mol. The number of hydrogen-bond donors (Lipinski definition) is 0. The van der Waals surface area contributed by atoms with Gasteiger partial charge in [0.1, 0.15) is 23.7 Å². The zero-order valence-electron chi connectivity index (χ0n) is 15.3. The normalized spacial score (nSPS) is 11.4. The van der Waals surface area contributed by atoms with E-state index < -0.39 is 0 Å². The molecule has 144 valence electrons. The van der Waals surface area contributed by atoms with E-state index in [-0.39, 0.29) is 0 Å². The fraction of sp³-hybridized carbons (Fsp3) is 0.100. The summed E-state index contributed by atoms with van der Waals surface area (Å²) in [6.45, 7) is 0.343. The SMILES string of the molecule is Cn1ncc2c1ncn1nc(-c3cccc(COc4cccc(Cl)c4Cl)c3)nc21. The molecule has 0 aliphatic heterocycles. The van der Waals surface area contributed by atoms with Crippen LogP contribution < -0.4 is 4.74 Å². The van der Waals surface area contributed by atoms with E-state index in [1.165, 1.54) is 0 Å². The molecule has 0 saturated heterocycles. The molecule has 2 aromatic carbocycles. The summed E-state index contributed by atoms with van der Waals surface area (Å²) in [4.78, 5) is 9.08. The molecule has 0 fully saturated rings. The van der Waals surface area contributed by atoms with Gasteiger partial charge in [-0.1, -0.05) is 47.5 Å². The summed E-state index contributed by atoms with van der Waals surface area (Å²) >= 11 is 12.2. The molecule has 0 atom stereocenters. The predicted molar refractivity (Wildman–Crippen MR) is 111 cm³/mol. The van der Waals surface area contributed by atoms with E-state index in [9.17, 15) is 0 Å². The minimum Gasteiger partial charge on any atom is -0.487 e. The van der Waals surface area contributed by atoms with Crippen LogP contribution >= 0.6 is 23.2 Å². The number of nitrogens with zero attached hydrogens (tertiary/aromatic N) is 6. The van der Waals surface area contributed by atoms with Crippen LogP contribution in [-0.4, -0.2) is 29.4 Å². The number of benzene rings is 2. The highest BCUT2D eigenvalue weighted by atomic mass is 35.5. The maximum absolute atomic E-state index is 6.19. The van der Waals surface area contributed by atoms with Crippen molar-refractivity contribution in [3.05, 3.63) is 70.6 Å². The third-order valence-electron chi connectivity index (χ3n) is 4.56. The molecule has 0 amide bonds. The van der Waals surface area contributed by atoms with Crippen molar-refractivity contribution >= 4 is 39.9 Å². The van der Waals surface area contributed by atoms with Gasteiger partial charge >= 0.3 is 0 Å². The van der Waals surface area contributed by atoms with Crippen molar-refractivity contribution in [1.82, 2.24) is 29.4 Å². The van der Waals surface area contributed by atoms with Gasteiger partial charge in [0, 0.05) is 12.6 Å². The molecule has 0 unspecified atom stereocenters. The highest BCUT2D eigenvalue weighted by molar-refractivity contribution is 6.42. The number of ether oxygens (including phenoxy) is 1. The Labute approximate surface area is 175 Å². The number of fused-ring (bicyclic) bond motifs is 3. The minimum absolute atomic E-state index is 0.343. The fourth-order valence-electron chi connectivity index (χ4n) is 3.12. The van der Waals surface area contributed by atoms with Crippen LogP contribution in [0.3, 0.4) is 0 Å². The molecule has 0 spiro atoms.